The Labute approximate surface area is 180 Å². The van der Waals surface area contributed by atoms with E-state index in [0.717, 1.165) is 22.2 Å². The fourth-order valence-electron chi connectivity index (χ4n) is 3.44. The van der Waals surface area contributed by atoms with Crippen LogP contribution in [0.25, 0.3) is 10.9 Å². The molecule has 2 amide bonds. The van der Waals surface area contributed by atoms with E-state index in [1.165, 1.54) is 0 Å². The average Bonchev–Trinajstić information content (AvgIpc) is 3.21. The number of benzene rings is 3. The fourth-order valence-corrected chi connectivity index (χ4v) is 3.44. The van der Waals surface area contributed by atoms with Crippen LogP contribution in [0.5, 0.6) is 5.75 Å². The quantitative estimate of drug-likeness (QED) is 0.420. The van der Waals surface area contributed by atoms with E-state index in [1.54, 1.807) is 43.5 Å². The second-order valence-corrected chi connectivity index (χ2v) is 7.13. The summed E-state index contributed by atoms with van der Waals surface area (Å²) in [4.78, 5) is 28.2. The molecule has 3 N–H and O–H groups in total. The van der Waals surface area contributed by atoms with E-state index in [1.807, 2.05) is 42.6 Å². The third-order valence-electron chi connectivity index (χ3n) is 5.07. The Morgan fingerprint density at radius 2 is 1.71 bits per heavy atom. The van der Waals surface area contributed by atoms with Gasteiger partial charge in [0.2, 0.25) is 0 Å². The highest BCUT2D eigenvalue weighted by Crippen LogP contribution is 2.23. The molecule has 0 aliphatic heterocycles. The van der Waals surface area contributed by atoms with Crippen LogP contribution in [0.1, 0.15) is 26.3 Å². The molecule has 0 saturated carbocycles. The van der Waals surface area contributed by atoms with Crippen molar-refractivity contribution < 1.29 is 14.3 Å². The van der Waals surface area contributed by atoms with Crippen LogP contribution < -0.4 is 15.4 Å². The zero-order valence-corrected chi connectivity index (χ0v) is 17.1. The van der Waals surface area contributed by atoms with Crippen molar-refractivity contribution in [2.24, 2.45) is 0 Å². The Bertz CT molecular complexity index is 1220. The molecule has 0 bridgehead atoms. The maximum Gasteiger partial charge on any atom is 0.255 e. The van der Waals surface area contributed by atoms with E-state index in [9.17, 15) is 9.59 Å². The Morgan fingerprint density at radius 1 is 0.903 bits per heavy atom. The van der Waals surface area contributed by atoms with Gasteiger partial charge in [-0.1, -0.05) is 24.3 Å². The maximum atomic E-state index is 12.6. The number of ether oxygens (including phenoxy) is 1. The SMILES string of the molecule is COc1ccc2[nH]cc(CCNC(=O)c3cccc(NC(=O)c4ccccc4)c3)c2c1. The van der Waals surface area contributed by atoms with E-state index in [-0.39, 0.29) is 11.8 Å². The number of carbonyl (C=O) groups excluding carboxylic acids is 2. The molecular formula is C25H23N3O3. The van der Waals surface area contributed by atoms with Crippen molar-refractivity contribution in [3.05, 3.63) is 95.7 Å². The molecule has 0 radical (unpaired) electrons. The number of aromatic amines is 1. The Hall–Kier alpha value is -4.06. The molecule has 6 nitrogen and oxygen atoms in total. The number of fused-ring (bicyclic) bond motifs is 1. The summed E-state index contributed by atoms with van der Waals surface area (Å²) in [6, 6.07) is 21.7. The molecule has 0 unspecified atom stereocenters. The van der Waals surface area contributed by atoms with Crippen molar-refractivity contribution >= 4 is 28.4 Å². The number of anilines is 1. The molecule has 0 atom stereocenters. The average molecular weight is 413 g/mol. The van der Waals surface area contributed by atoms with Crippen molar-refractivity contribution in [2.75, 3.05) is 19.0 Å². The molecule has 1 aromatic heterocycles. The lowest BCUT2D eigenvalue weighted by molar-refractivity contribution is 0.0952. The molecule has 0 saturated heterocycles. The summed E-state index contributed by atoms with van der Waals surface area (Å²) in [6.45, 7) is 0.490. The predicted octanol–water partition coefficient (Wildman–Crippen LogP) is 4.40. The number of carbonyl (C=O) groups is 2. The number of H-pyrrole nitrogens is 1. The van der Waals surface area contributed by atoms with Gasteiger partial charge in [-0.2, -0.15) is 0 Å². The Morgan fingerprint density at radius 3 is 2.52 bits per heavy atom. The summed E-state index contributed by atoms with van der Waals surface area (Å²) in [6.07, 6.45) is 2.64. The monoisotopic (exact) mass is 413 g/mol. The second kappa shape index (κ2) is 9.17. The molecule has 6 heteroatoms. The number of hydrogen-bond acceptors (Lipinski definition) is 3. The van der Waals surface area contributed by atoms with Gasteiger partial charge in [-0.05, 0) is 60.5 Å². The molecule has 4 rings (SSSR count). The van der Waals surface area contributed by atoms with Gasteiger partial charge in [0.25, 0.3) is 11.8 Å². The molecule has 4 aromatic rings. The van der Waals surface area contributed by atoms with Crippen LogP contribution in [0, 0.1) is 0 Å². The minimum Gasteiger partial charge on any atom is -0.497 e. The second-order valence-electron chi connectivity index (χ2n) is 7.13. The number of nitrogens with one attached hydrogen (secondary N) is 3. The summed E-state index contributed by atoms with van der Waals surface area (Å²) in [5, 5.41) is 6.86. The first kappa shape index (κ1) is 20.2. The minimum absolute atomic E-state index is 0.187. The van der Waals surface area contributed by atoms with E-state index >= 15 is 0 Å². The van der Waals surface area contributed by atoms with E-state index < -0.39 is 0 Å². The predicted molar refractivity (Wildman–Crippen MR) is 122 cm³/mol. The lowest BCUT2D eigenvalue weighted by Crippen LogP contribution is -2.25. The molecule has 156 valence electrons. The van der Waals surface area contributed by atoms with Crippen molar-refractivity contribution in [3.63, 3.8) is 0 Å². The van der Waals surface area contributed by atoms with Gasteiger partial charge < -0.3 is 20.4 Å². The third kappa shape index (κ3) is 4.75. The van der Waals surface area contributed by atoms with Crippen LogP contribution >= 0.6 is 0 Å². The summed E-state index contributed by atoms with van der Waals surface area (Å²) >= 11 is 0. The molecular weight excluding hydrogens is 390 g/mol. The summed E-state index contributed by atoms with van der Waals surface area (Å²) < 4.78 is 5.30. The Balaban J connectivity index is 1.37. The third-order valence-corrected chi connectivity index (χ3v) is 5.07. The number of rotatable bonds is 7. The standard InChI is InChI=1S/C25H23N3O3/c1-31-21-10-11-23-22(15-21)19(16-27-23)12-13-26-24(29)18-8-5-9-20(14-18)28-25(30)17-6-3-2-4-7-17/h2-11,14-16,27H,12-13H2,1H3,(H,26,29)(H,28,30). The minimum atomic E-state index is -0.215. The van der Waals surface area contributed by atoms with Gasteiger partial charge in [0.15, 0.2) is 0 Å². The highest BCUT2D eigenvalue weighted by atomic mass is 16.5. The molecule has 0 aliphatic rings. The van der Waals surface area contributed by atoms with E-state index in [4.69, 9.17) is 4.74 Å². The van der Waals surface area contributed by atoms with Gasteiger partial charge in [-0.25, -0.2) is 0 Å². The van der Waals surface area contributed by atoms with Gasteiger partial charge in [0, 0.05) is 40.5 Å². The zero-order valence-electron chi connectivity index (χ0n) is 17.1. The largest absolute Gasteiger partial charge is 0.497 e. The normalized spacial score (nSPS) is 10.6. The van der Waals surface area contributed by atoms with Crippen molar-refractivity contribution in [1.82, 2.24) is 10.3 Å². The van der Waals surface area contributed by atoms with Crippen LogP contribution in [0.15, 0.2) is 79.0 Å². The first-order valence-corrected chi connectivity index (χ1v) is 10.0. The fraction of sp³-hybridized carbons (Fsp3) is 0.120. The van der Waals surface area contributed by atoms with Gasteiger partial charge in [-0.15, -0.1) is 0 Å². The van der Waals surface area contributed by atoms with Crippen LogP contribution in [-0.4, -0.2) is 30.5 Å². The summed E-state index contributed by atoms with van der Waals surface area (Å²) in [5.74, 6) is 0.396. The van der Waals surface area contributed by atoms with Gasteiger partial charge in [0.05, 0.1) is 7.11 Å². The number of hydrogen-bond donors (Lipinski definition) is 3. The lowest BCUT2D eigenvalue weighted by Gasteiger charge is -2.09. The summed E-state index contributed by atoms with van der Waals surface area (Å²) in [5.41, 5.74) is 3.77. The molecule has 0 spiro atoms. The molecule has 0 aliphatic carbocycles. The molecule has 0 fully saturated rings. The highest BCUT2D eigenvalue weighted by Gasteiger charge is 2.10. The van der Waals surface area contributed by atoms with Crippen LogP contribution in [0.4, 0.5) is 5.69 Å². The van der Waals surface area contributed by atoms with Crippen molar-refractivity contribution in [1.29, 1.82) is 0 Å². The smallest absolute Gasteiger partial charge is 0.255 e. The van der Waals surface area contributed by atoms with Crippen LogP contribution in [0.2, 0.25) is 0 Å². The molecule has 1 heterocycles. The number of aromatic nitrogens is 1. The van der Waals surface area contributed by atoms with Gasteiger partial charge in [-0.3, -0.25) is 9.59 Å². The maximum absolute atomic E-state index is 12.6. The number of amides is 2. The Kier molecular flexibility index (Phi) is 5.98. The first-order valence-electron chi connectivity index (χ1n) is 10.0. The summed E-state index contributed by atoms with van der Waals surface area (Å²) in [7, 11) is 1.64. The van der Waals surface area contributed by atoms with Gasteiger partial charge in [0.1, 0.15) is 5.75 Å². The molecule has 3 aromatic carbocycles. The van der Waals surface area contributed by atoms with Crippen LogP contribution in [-0.2, 0) is 6.42 Å². The highest BCUT2D eigenvalue weighted by molar-refractivity contribution is 6.05. The topological polar surface area (TPSA) is 83.2 Å². The molecule has 31 heavy (non-hydrogen) atoms. The number of methoxy groups -OCH3 is 1. The lowest BCUT2D eigenvalue weighted by atomic mass is 10.1. The van der Waals surface area contributed by atoms with Crippen molar-refractivity contribution in [3.8, 4) is 5.75 Å². The van der Waals surface area contributed by atoms with E-state index in [2.05, 4.69) is 15.6 Å². The zero-order chi connectivity index (χ0) is 21.6. The van der Waals surface area contributed by atoms with E-state index in [0.29, 0.717) is 29.8 Å². The van der Waals surface area contributed by atoms with Crippen LogP contribution in [0.3, 0.4) is 0 Å². The van der Waals surface area contributed by atoms with Crippen molar-refractivity contribution in [2.45, 2.75) is 6.42 Å². The first-order chi connectivity index (χ1) is 15.1. The van der Waals surface area contributed by atoms with Gasteiger partial charge >= 0.3 is 0 Å².